The van der Waals surface area contributed by atoms with Crippen molar-refractivity contribution in [1.29, 1.82) is 0 Å². The highest BCUT2D eigenvalue weighted by molar-refractivity contribution is 5.55. The van der Waals surface area contributed by atoms with Gasteiger partial charge >= 0.3 is 0 Å². The van der Waals surface area contributed by atoms with Gasteiger partial charge in [-0.3, -0.25) is 0 Å². The molecule has 0 aromatic heterocycles. The molecule has 1 saturated heterocycles. The van der Waals surface area contributed by atoms with Gasteiger partial charge in [-0.15, -0.1) is 0 Å². The van der Waals surface area contributed by atoms with Gasteiger partial charge in [0, 0.05) is 18.3 Å². The number of nitrogens with two attached hydrogens (primary N) is 1. The quantitative estimate of drug-likeness (QED) is 0.912. The molecule has 2 nitrogen and oxygen atoms in total. The third-order valence-corrected chi connectivity index (χ3v) is 5.01. The minimum Gasteiger partial charge on any atom is -0.368 e. The molecule has 2 N–H and O–H groups in total. The predicted octanol–water partition coefficient (Wildman–Crippen LogP) is 3.49. The lowest BCUT2D eigenvalue weighted by atomic mass is 9.95. The summed E-state index contributed by atoms with van der Waals surface area (Å²) in [5.41, 5.74) is 8.00. The van der Waals surface area contributed by atoms with Crippen molar-refractivity contribution >= 4 is 5.69 Å². The van der Waals surface area contributed by atoms with Gasteiger partial charge in [-0.2, -0.15) is 0 Å². The molecule has 0 spiro atoms. The van der Waals surface area contributed by atoms with Crippen LogP contribution < -0.4 is 10.6 Å². The molecule has 1 saturated carbocycles. The zero-order valence-electron chi connectivity index (χ0n) is 12.2. The van der Waals surface area contributed by atoms with Gasteiger partial charge in [-0.05, 0) is 68.3 Å². The molecule has 1 aliphatic carbocycles. The van der Waals surface area contributed by atoms with Crippen LogP contribution in [0.3, 0.4) is 0 Å². The van der Waals surface area contributed by atoms with Crippen LogP contribution in [0.15, 0.2) is 18.2 Å². The Morgan fingerprint density at radius 1 is 1.15 bits per heavy atom. The molecule has 1 heterocycles. The molecule has 1 aliphatic heterocycles. The Hall–Kier alpha value is -1.09. The van der Waals surface area contributed by atoms with Gasteiger partial charge in [-0.25, -0.2) is 4.39 Å². The fourth-order valence-corrected chi connectivity index (χ4v) is 4.11. The van der Waals surface area contributed by atoms with Crippen molar-refractivity contribution in [1.82, 2.24) is 0 Å². The van der Waals surface area contributed by atoms with Crippen molar-refractivity contribution in [2.24, 2.45) is 11.7 Å². The Labute approximate surface area is 121 Å². The zero-order chi connectivity index (χ0) is 13.9. The highest BCUT2D eigenvalue weighted by Gasteiger charge is 2.34. The minimum atomic E-state index is -0.145. The first kappa shape index (κ1) is 13.9. The predicted molar refractivity (Wildman–Crippen MR) is 81.5 cm³/mol. The second-order valence-corrected chi connectivity index (χ2v) is 6.26. The van der Waals surface area contributed by atoms with Crippen molar-refractivity contribution in [3.05, 3.63) is 29.6 Å². The van der Waals surface area contributed by atoms with Gasteiger partial charge < -0.3 is 10.6 Å². The lowest BCUT2D eigenvalue weighted by molar-refractivity contribution is 0.430. The molecule has 3 rings (SSSR count). The van der Waals surface area contributed by atoms with E-state index < -0.39 is 0 Å². The van der Waals surface area contributed by atoms with Crippen LogP contribution in [0.5, 0.6) is 0 Å². The van der Waals surface area contributed by atoms with Crippen LogP contribution >= 0.6 is 0 Å². The van der Waals surface area contributed by atoms with Crippen molar-refractivity contribution in [2.45, 2.75) is 51.0 Å². The van der Waals surface area contributed by atoms with Gasteiger partial charge in [0.1, 0.15) is 5.82 Å². The number of hydrogen-bond acceptors (Lipinski definition) is 2. The van der Waals surface area contributed by atoms with Crippen LogP contribution in [0.25, 0.3) is 0 Å². The number of halogens is 1. The first-order valence-electron chi connectivity index (χ1n) is 8.04. The topological polar surface area (TPSA) is 29.3 Å². The van der Waals surface area contributed by atoms with Crippen LogP contribution in [0.2, 0.25) is 0 Å². The molecule has 0 bridgehead atoms. The van der Waals surface area contributed by atoms with E-state index in [2.05, 4.69) is 4.90 Å². The summed E-state index contributed by atoms with van der Waals surface area (Å²) in [7, 11) is 0. The Balaban J connectivity index is 1.86. The summed E-state index contributed by atoms with van der Waals surface area (Å²) in [5.74, 6) is 0.696. The second kappa shape index (κ2) is 6.13. The summed E-state index contributed by atoms with van der Waals surface area (Å²) in [6, 6.07) is 5.90. The van der Waals surface area contributed by atoms with Gasteiger partial charge in [-0.1, -0.05) is 12.8 Å². The van der Waals surface area contributed by atoms with E-state index in [1.165, 1.54) is 44.2 Å². The van der Waals surface area contributed by atoms with E-state index in [0.717, 1.165) is 24.4 Å². The fourth-order valence-electron chi connectivity index (χ4n) is 4.11. The molecule has 1 atom stereocenters. The lowest BCUT2D eigenvalue weighted by Crippen LogP contribution is -2.35. The van der Waals surface area contributed by atoms with Gasteiger partial charge in [0.05, 0.1) is 0 Å². The molecule has 3 heteroatoms. The smallest absolute Gasteiger partial charge is 0.123 e. The van der Waals surface area contributed by atoms with Crippen LogP contribution in [0.1, 0.15) is 44.1 Å². The van der Waals surface area contributed by atoms with E-state index in [4.69, 9.17) is 5.73 Å². The lowest BCUT2D eigenvalue weighted by Gasteiger charge is -2.33. The first-order chi connectivity index (χ1) is 9.79. The molecule has 0 radical (unpaired) electrons. The van der Waals surface area contributed by atoms with Crippen molar-refractivity contribution in [3.8, 4) is 0 Å². The van der Waals surface area contributed by atoms with Crippen molar-refractivity contribution in [3.63, 3.8) is 0 Å². The Bertz CT molecular complexity index is 454. The molecule has 20 heavy (non-hydrogen) atoms. The second-order valence-electron chi connectivity index (χ2n) is 6.26. The fraction of sp³-hybridized carbons (Fsp3) is 0.647. The molecule has 1 aromatic rings. The van der Waals surface area contributed by atoms with E-state index in [1.807, 2.05) is 6.07 Å². The molecular formula is C17H25FN2. The standard InChI is InChI=1S/C17H25FN2/c18-15-7-8-17(14(12-15)9-10-19)20-11-3-6-16(20)13-4-1-2-5-13/h7-8,12-13,16H,1-6,9-11,19H2. The summed E-state index contributed by atoms with van der Waals surface area (Å²) in [4.78, 5) is 2.54. The van der Waals surface area contributed by atoms with Crippen LogP contribution in [-0.2, 0) is 6.42 Å². The van der Waals surface area contributed by atoms with E-state index in [0.29, 0.717) is 12.6 Å². The van der Waals surface area contributed by atoms with Crippen LogP contribution in [-0.4, -0.2) is 19.1 Å². The average Bonchev–Trinajstić information content (AvgIpc) is 3.10. The maximum atomic E-state index is 13.5. The minimum absolute atomic E-state index is 0.145. The first-order valence-corrected chi connectivity index (χ1v) is 8.04. The Kier molecular flexibility index (Phi) is 4.25. The zero-order valence-corrected chi connectivity index (χ0v) is 12.2. The molecule has 0 amide bonds. The van der Waals surface area contributed by atoms with Gasteiger partial charge in [0.25, 0.3) is 0 Å². The third-order valence-electron chi connectivity index (χ3n) is 5.01. The van der Waals surface area contributed by atoms with E-state index >= 15 is 0 Å². The maximum absolute atomic E-state index is 13.5. The van der Waals surface area contributed by atoms with Gasteiger partial charge in [0.2, 0.25) is 0 Å². The number of nitrogens with zero attached hydrogens (tertiary/aromatic N) is 1. The maximum Gasteiger partial charge on any atom is 0.123 e. The summed E-state index contributed by atoms with van der Waals surface area (Å²) in [5, 5.41) is 0. The molecule has 1 aromatic carbocycles. The molecule has 110 valence electrons. The van der Waals surface area contributed by atoms with Crippen molar-refractivity contribution in [2.75, 3.05) is 18.0 Å². The summed E-state index contributed by atoms with van der Waals surface area (Å²) in [6.07, 6.45) is 8.83. The Morgan fingerprint density at radius 2 is 1.95 bits per heavy atom. The summed E-state index contributed by atoms with van der Waals surface area (Å²) in [6.45, 7) is 1.70. The van der Waals surface area contributed by atoms with E-state index in [-0.39, 0.29) is 5.82 Å². The SMILES string of the molecule is NCCc1cc(F)ccc1N1CCCC1C1CCCC1. The van der Waals surface area contributed by atoms with E-state index in [1.54, 1.807) is 12.1 Å². The van der Waals surface area contributed by atoms with Crippen molar-refractivity contribution < 1.29 is 4.39 Å². The van der Waals surface area contributed by atoms with Crippen LogP contribution in [0, 0.1) is 11.7 Å². The third kappa shape index (κ3) is 2.69. The largest absolute Gasteiger partial charge is 0.368 e. The monoisotopic (exact) mass is 276 g/mol. The Morgan fingerprint density at radius 3 is 2.70 bits per heavy atom. The van der Waals surface area contributed by atoms with Gasteiger partial charge in [0.15, 0.2) is 0 Å². The summed E-state index contributed by atoms with van der Waals surface area (Å²) >= 11 is 0. The highest BCUT2D eigenvalue weighted by Crippen LogP contribution is 2.38. The van der Waals surface area contributed by atoms with Crippen LogP contribution in [0.4, 0.5) is 10.1 Å². The number of anilines is 1. The molecule has 1 unspecified atom stereocenters. The molecule has 2 fully saturated rings. The summed E-state index contributed by atoms with van der Waals surface area (Å²) < 4.78 is 13.5. The number of hydrogen-bond donors (Lipinski definition) is 1. The molecular weight excluding hydrogens is 251 g/mol. The highest BCUT2D eigenvalue weighted by atomic mass is 19.1. The number of benzene rings is 1. The average molecular weight is 276 g/mol. The number of rotatable bonds is 4. The molecule has 2 aliphatic rings. The normalized spacial score (nSPS) is 23.7. The van der Waals surface area contributed by atoms with E-state index in [9.17, 15) is 4.39 Å².